The third kappa shape index (κ3) is 3.60. The van der Waals surface area contributed by atoms with Crippen LogP contribution in [0.15, 0.2) is 0 Å². The van der Waals surface area contributed by atoms with Crippen molar-refractivity contribution in [2.75, 3.05) is 6.61 Å². The highest BCUT2D eigenvalue weighted by Crippen LogP contribution is 1.82. The van der Waals surface area contributed by atoms with Crippen molar-refractivity contribution in [3.8, 4) is 0 Å². The Labute approximate surface area is 50.5 Å². The van der Waals surface area contributed by atoms with E-state index in [1.54, 1.807) is 0 Å². The van der Waals surface area contributed by atoms with Gasteiger partial charge in [-0.2, -0.15) is 9.28 Å². The lowest BCUT2D eigenvalue weighted by Gasteiger charge is -1.93. The first kappa shape index (κ1) is 8.03. The first-order valence-corrected chi connectivity index (χ1v) is 2.21. The number of halogens is 1. The van der Waals surface area contributed by atoms with E-state index >= 15 is 0 Å². The minimum Gasteiger partial charge on any atom is -0.286 e. The van der Waals surface area contributed by atoms with E-state index in [1.807, 2.05) is 0 Å². The highest BCUT2D eigenvalue weighted by molar-refractivity contribution is 6.28. The highest BCUT2D eigenvalue weighted by atomic mass is 19.1. The highest BCUT2D eigenvalue weighted by Gasteiger charge is 2.14. The lowest BCUT2D eigenvalue weighted by atomic mass is 10.8. The molecule has 0 bridgehead atoms. The Bertz CT molecular complexity index is 122. The smallest absolute Gasteiger partial charge is 0.286 e. The van der Waals surface area contributed by atoms with Crippen LogP contribution in [0.25, 0.3) is 0 Å². The minimum absolute atomic E-state index is 0.0824. The van der Waals surface area contributed by atoms with Crippen LogP contribution >= 0.6 is 0 Å². The number of rotatable bonds is 3. The molecule has 0 saturated carbocycles. The largest absolute Gasteiger partial charge is 0.442 e. The zero-order valence-corrected chi connectivity index (χ0v) is 4.72. The summed E-state index contributed by atoms with van der Waals surface area (Å²) in [6.45, 7) is 1.61. The Morgan fingerprint density at radius 1 is 1.56 bits per heavy atom. The fourth-order valence-electron chi connectivity index (χ4n) is 0.145. The van der Waals surface area contributed by atoms with Gasteiger partial charge in [0.15, 0.2) is 0 Å². The second-order valence-corrected chi connectivity index (χ2v) is 1.05. The second kappa shape index (κ2) is 3.96. The third-order valence-electron chi connectivity index (χ3n) is 0.413. The molecule has 0 fully saturated rings. The normalized spacial score (nSPS) is 8.67. The van der Waals surface area contributed by atoms with Crippen molar-refractivity contribution in [1.82, 2.24) is 0 Å². The van der Waals surface area contributed by atoms with E-state index in [0.29, 0.717) is 0 Å². The van der Waals surface area contributed by atoms with E-state index in [4.69, 9.17) is 0 Å². The topological polar surface area (TPSA) is 52.6 Å². The van der Waals surface area contributed by atoms with Gasteiger partial charge in [-0.1, -0.05) is 0 Å². The molecular formula is C4H5FO4. The molecule has 0 aromatic rings. The van der Waals surface area contributed by atoms with Crippen LogP contribution in [0.2, 0.25) is 0 Å². The van der Waals surface area contributed by atoms with Gasteiger partial charge in [0.05, 0.1) is 6.61 Å². The summed E-state index contributed by atoms with van der Waals surface area (Å²) >= 11 is 0. The van der Waals surface area contributed by atoms with Crippen LogP contribution in [0.3, 0.4) is 0 Å². The van der Waals surface area contributed by atoms with Gasteiger partial charge in [-0.15, -0.1) is 0 Å². The van der Waals surface area contributed by atoms with Crippen LogP contribution in [0, 0.1) is 0 Å². The van der Waals surface area contributed by atoms with Crippen LogP contribution in [-0.4, -0.2) is 18.6 Å². The summed E-state index contributed by atoms with van der Waals surface area (Å²) in [5.74, 6) is -1.63. The molecule has 4 nitrogen and oxygen atoms in total. The van der Waals surface area contributed by atoms with Gasteiger partial charge < -0.3 is 0 Å². The molecule has 0 aromatic carbocycles. The third-order valence-corrected chi connectivity index (χ3v) is 0.413. The van der Waals surface area contributed by atoms with Crippen molar-refractivity contribution >= 4 is 12.0 Å². The Hall–Kier alpha value is -0.970. The summed E-state index contributed by atoms with van der Waals surface area (Å²) in [6, 6.07) is -2.16. The zero-order chi connectivity index (χ0) is 7.28. The van der Waals surface area contributed by atoms with Gasteiger partial charge in [-0.3, -0.25) is 4.89 Å². The predicted molar refractivity (Wildman–Crippen MR) is 23.8 cm³/mol. The summed E-state index contributed by atoms with van der Waals surface area (Å²) in [4.78, 5) is 26.8. The van der Waals surface area contributed by atoms with Gasteiger partial charge in [-0.25, -0.2) is 9.59 Å². The van der Waals surface area contributed by atoms with Gasteiger partial charge in [0, 0.05) is 0 Å². The SMILES string of the molecule is CCOOC(=O)C(=O)F. The van der Waals surface area contributed by atoms with Gasteiger partial charge in [0.1, 0.15) is 0 Å². The first-order chi connectivity index (χ1) is 4.18. The molecule has 9 heavy (non-hydrogen) atoms. The first-order valence-electron chi connectivity index (χ1n) is 2.21. The van der Waals surface area contributed by atoms with Gasteiger partial charge in [-0.05, 0) is 6.92 Å². The lowest BCUT2D eigenvalue weighted by Crippen LogP contribution is -2.12. The Morgan fingerprint density at radius 3 is 2.44 bits per heavy atom. The summed E-state index contributed by atoms with van der Waals surface area (Å²) in [6.07, 6.45) is 0. The van der Waals surface area contributed by atoms with Gasteiger partial charge in [0.25, 0.3) is 0 Å². The molecule has 0 aliphatic carbocycles. The second-order valence-electron chi connectivity index (χ2n) is 1.05. The van der Waals surface area contributed by atoms with E-state index < -0.39 is 12.0 Å². The van der Waals surface area contributed by atoms with Crippen LogP contribution in [0.5, 0.6) is 0 Å². The molecule has 0 N–H and O–H groups in total. The number of carbonyl (C=O) groups excluding carboxylic acids is 2. The van der Waals surface area contributed by atoms with Crippen LogP contribution < -0.4 is 0 Å². The molecule has 52 valence electrons. The summed E-state index contributed by atoms with van der Waals surface area (Å²) in [5, 5.41) is 0. The molecule has 0 radical (unpaired) electrons. The van der Waals surface area contributed by atoms with Crippen molar-refractivity contribution in [2.45, 2.75) is 6.92 Å². The molecule has 0 aliphatic rings. The quantitative estimate of drug-likeness (QED) is 0.237. The molecule has 0 amide bonds. The predicted octanol–water partition coefficient (Wildman–Crippen LogP) is -0.0228. The fourth-order valence-corrected chi connectivity index (χ4v) is 0.145. The molecule has 0 aliphatic heterocycles. The molecule has 0 saturated heterocycles. The summed E-state index contributed by atoms with van der Waals surface area (Å²) in [5.41, 5.74) is 0. The molecule has 0 rings (SSSR count). The Morgan fingerprint density at radius 2 is 2.11 bits per heavy atom. The molecule has 0 atom stereocenters. The lowest BCUT2D eigenvalue weighted by molar-refractivity contribution is -0.268. The molecule has 0 heterocycles. The van der Waals surface area contributed by atoms with E-state index in [9.17, 15) is 14.0 Å². The van der Waals surface area contributed by atoms with E-state index in [0.717, 1.165) is 0 Å². The van der Waals surface area contributed by atoms with Crippen molar-refractivity contribution in [2.24, 2.45) is 0 Å². The minimum atomic E-state index is -2.16. The molecule has 0 spiro atoms. The molecule has 0 unspecified atom stereocenters. The summed E-state index contributed by atoms with van der Waals surface area (Å²) in [7, 11) is 0. The van der Waals surface area contributed by atoms with Gasteiger partial charge >= 0.3 is 12.0 Å². The average Bonchev–Trinajstić information content (AvgIpc) is 1.82. The Balaban J connectivity index is 3.39. The fraction of sp³-hybridized carbons (Fsp3) is 0.500. The maximum Gasteiger partial charge on any atom is 0.442 e. The molecule has 5 heteroatoms. The molecular weight excluding hydrogens is 131 g/mol. The van der Waals surface area contributed by atoms with Gasteiger partial charge in [0.2, 0.25) is 0 Å². The zero-order valence-electron chi connectivity index (χ0n) is 4.72. The van der Waals surface area contributed by atoms with Crippen molar-refractivity contribution in [1.29, 1.82) is 0 Å². The van der Waals surface area contributed by atoms with Crippen molar-refractivity contribution in [3.63, 3.8) is 0 Å². The monoisotopic (exact) mass is 136 g/mol. The van der Waals surface area contributed by atoms with Crippen LogP contribution in [0.1, 0.15) is 6.92 Å². The van der Waals surface area contributed by atoms with Crippen LogP contribution in [0.4, 0.5) is 4.39 Å². The Kier molecular flexibility index (Phi) is 3.54. The van der Waals surface area contributed by atoms with Crippen molar-refractivity contribution in [3.05, 3.63) is 0 Å². The number of hydrogen-bond acceptors (Lipinski definition) is 4. The maximum atomic E-state index is 11.2. The average molecular weight is 136 g/mol. The summed E-state index contributed by atoms with van der Waals surface area (Å²) < 4.78 is 11.2. The van der Waals surface area contributed by atoms with E-state index in [2.05, 4.69) is 9.78 Å². The van der Waals surface area contributed by atoms with Crippen LogP contribution in [-0.2, 0) is 19.4 Å². The van der Waals surface area contributed by atoms with E-state index in [1.165, 1.54) is 6.92 Å². The molecule has 0 aromatic heterocycles. The van der Waals surface area contributed by atoms with E-state index in [-0.39, 0.29) is 6.61 Å². The number of carbonyl (C=O) groups is 2. The number of hydrogen-bond donors (Lipinski definition) is 0. The maximum absolute atomic E-state index is 11.2. The van der Waals surface area contributed by atoms with Crippen molar-refractivity contribution < 1.29 is 23.8 Å². The standard InChI is InChI=1S/C4H5FO4/c1-2-8-9-4(7)3(5)6/h2H2,1H3.